The number of carbonyl (C=O) groups excluding carboxylic acids is 1. The van der Waals surface area contributed by atoms with Crippen LogP contribution in [-0.4, -0.2) is 6.29 Å². The van der Waals surface area contributed by atoms with E-state index in [9.17, 15) is 4.79 Å². The molecule has 0 radical (unpaired) electrons. The Bertz CT molecular complexity index is 418. The van der Waals surface area contributed by atoms with Gasteiger partial charge in [-0.05, 0) is 35.4 Å². The van der Waals surface area contributed by atoms with Gasteiger partial charge in [0.25, 0.3) is 0 Å². The Morgan fingerprint density at radius 3 is 2.93 bits per heavy atom. The van der Waals surface area contributed by atoms with Gasteiger partial charge in [0.05, 0.1) is 0 Å². The molecule has 0 bridgehead atoms. The van der Waals surface area contributed by atoms with E-state index in [1.54, 1.807) is 0 Å². The Balaban J connectivity index is 2.36. The van der Waals surface area contributed by atoms with Crippen LogP contribution in [0.15, 0.2) is 51.6 Å². The summed E-state index contributed by atoms with van der Waals surface area (Å²) >= 11 is 0. The fraction of sp³-hybridized carbons (Fsp3) is 0.0833. The normalized spacial score (nSPS) is 22.1. The average Bonchev–Trinajstić information content (AvgIpc) is 2.65. The van der Waals surface area contributed by atoms with Gasteiger partial charge in [-0.3, -0.25) is 4.79 Å². The number of aldehydes is 1. The molecular weight excluding hydrogens is 192 g/mol. The van der Waals surface area contributed by atoms with Crippen molar-refractivity contribution in [3.63, 3.8) is 0 Å². The van der Waals surface area contributed by atoms with Gasteiger partial charge in [-0.15, -0.1) is 0 Å². The first kappa shape index (κ1) is 9.28. The molecule has 0 N–H and O–H groups in total. The Morgan fingerprint density at radius 2 is 2.21 bits per heavy atom. The van der Waals surface area contributed by atoms with Crippen LogP contribution in [0.2, 0.25) is 0 Å². The van der Waals surface area contributed by atoms with Crippen molar-refractivity contribution in [2.24, 2.45) is 0 Å². The van der Waals surface area contributed by atoms with Gasteiger partial charge in [-0.25, -0.2) is 0 Å². The second-order valence-electron chi connectivity index (χ2n) is 3.26. The molecule has 1 aliphatic rings. The number of thiol groups is 1. The van der Waals surface area contributed by atoms with Crippen molar-refractivity contribution in [2.75, 3.05) is 0 Å². The lowest BCUT2D eigenvalue weighted by Crippen LogP contribution is -1.84. The molecule has 1 aromatic rings. The van der Waals surface area contributed by atoms with Crippen molar-refractivity contribution in [2.45, 2.75) is 11.8 Å². The smallest absolute Gasteiger partial charge is 0.155 e. The van der Waals surface area contributed by atoms with Gasteiger partial charge in [0.1, 0.15) is 0 Å². The fourth-order valence-corrected chi connectivity index (χ4v) is 3.35. The number of rotatable bonds is 2. The topological polar surface area (TPSA) is 17.1 Å². The number of hydrogen-bond acceptors (Lipinski definition) is 1. The van der Waals surface area contributed by atoms with E-state index in [1.165, 1.54) is 10.5 Å². The summed E-state index contributed by atoms with van der Waals surface area (Å²) in [4.78, 5) is 12.9. The Kier molecular flexibility index (Phi) is 2.55. The maximum Gasteiger partial charge on any atom is 0.155 e. The van der Waals surface area contributed by atoms with Crippen molar-refractivity contribution in [3.05, 3.63) is 52.3 Å². The van der Waals surface area contributed by atoms with Crippen LogP contribution >= 0.6 is 10.9 Å². The van der Waals surface area contributed by atoms with Crippen LogP contribution in [-0.2, 0) is 4.79 Å². The summed E-state index contributed by atoms with van der Waals surface area (Å²) in [7, 11) is -0.507. The third-order valence-corrected chi connectivity index (χ3v) is 4.30. The van der Waals surface area contributed by atoms with Crippen LogP contribution in [0.3, 0.4) is 0 Å². The summed E-state index contributed by atoms with van der Waals surface area (Å²) in [5.41, 5.74) is 1.25. The predicted octanol–water partition coefficient (Wildman–Crippen LogP) is 2.97. The van der Waals surface area contributed by atoms with Crippen LogP contribution in [0, 0.1) is 6.92 Å². The van der Waals surface area contributed by atoms with Gasteiger partial charge in [-0.2, -0.15) is 10.9 Å². The monoisotopic (exact) mass is 204 g/mol. The standard InChI is InChI=1S/C12H12OS/c1-10-4-2-5-11(8-10)14-7-3-6-12(14)9-13/h2-9,14H,1H3. The fourth-order valence-electron chi connectivity index (χ4n) is 1.50. The second-order valence-corrected chi connectivity index (χ2v) is 5.33. The summed E-state index contributed by atoms with van der Waals surface area (Å²) in [6.07, 6.45) is 4.84. The lowest BCUT2D eigenvalue weighted by atomic mass is 10.2. The average molecular weight is 204 g/mol. The highest BCUT2D eigenvalue weighted by molar-refractivity contribution is 8.23. The van der Waals surface area contributed by atoms with Crippen molar-refractivity contribution in [3.8, 4) is 0 Å². The van der Waals surface area contributed by atoms with Gasteiger partial charge in [0.15, 0.2) is 6.29 Å². The summed E-state index contributed by atoms with van der Waals surface area (Å²) in [5.74, 6) is 0. The van der Waals surface area contributed by atoms with Crippen LogP contribution in [0.1, 0.15) is 5.56 Å². The summed E-state index contributed by atoms with van der Waals surface area (Å²) in [6, 6.07) is 8.36. The first-order valence-corrected chi connectivity index (χ1v) is 5.92. The summed E-state index contributed by atoms with van der Waals surface area (Å²) in [6.45, 7) is 2.07. The first-order valence-electron chi connectivity index (χ1n) is 4.51. The van der Waals surface area contributed by atoms with Crippen LogP contribution in [0.4, 0.5) is 0 Å². The maximum atomic E-state index is 10.8. The molecule has 2 heteroatoms. The molecule has 2 rings (SSSR count). The zero-order valence-corrected chi connectivity index (χ0v) is 8.87. The largest absolute Gasteiger partial charge is 0.297 e. The lowest BCUT2D eigenvalue weighted by Gasteiger charge is -2.14. The van der Waals surface area contributed by atoms with E-state index in [2.05, 4.69) is 30.5 Å². The Hall–Kier alpha value is -1.28. The van der Waals surface area contributed by atoms with Crippen molar-refractivity contribution in [1.29, 1.82) is 0 Å². The number of hydrogen-bond donors (Lipinski definition) is 1. The SMILES string of the molecule is Cc1cccc([SH]2C=CC=C2C=O)c1. The molecule has 0 saturated heterocycles. The molecule has 0 aliphatic carbocycles. The third-order valence-electron chi connectivity index (χ3n) is 2.18. The molecule has 0 fully saturated rings. The minimum Gasteiger partial charge on any atom is -0.297 e. The Morgan fingerprint density at radius 1 is 1.36 bits per heavy atom. The second kappa shape index (κ2) is 3.84. The number of allylic oxidation sites excluding steroid dienone is 3. The van der Waals surface area contributed by atoms with Gasteiger partial charge < -0.3 is 0 Å². The molecule has 14 heavy (non-hydrogen) atoms. The molecule has 1 nitrogen and oxygen atoms in total. The highest BCUT2D eigenvalue weighted by atomic mass is 32.2. The number of carbonyl (C=O) groups is 1. The van der Waals surface area contributed by atoms with E-state index in [4.69, 9.17) is 0 Å². The number of benzene rings is 1. The van der Waals surface area contributed by atoms with Gasteiger partial charge in [-0.1, -0.05) is 23.8 Å². The third kappa shape index (κ3) is 1.66. The Labute approximate surface area is 86.5 Å². The molecule has 0 spiro atoms. The van der Waals surface area contributed by atoms with Crippen LogP contribution < -0.4 is 0 Å². The van der Waals surface area contributed by atoms with E-state index in [-0.39, 0.29) is 0 Å². The van der Waals surface area contributed by atoms with E-state index >= 15 is 0 Å². The van der Waals surface area contributed by atoms with Crippen LogP contribution in [0.25, 0.3) is 0 Å². The van der Waals surface area contributed by atoms with Crippen molar-refractivity contribution >= 4 is 17.2 Å². The summed E-state index contributed by atoms with van der Waals surface area (Å²) in [5, 5.41) is 2.12. The molecule has 1 aromatic carbocycles. The van der Waals surface area contributed by atoms with E-state index in [1.807, 2.05) is 18.2 Å². The summed E-state index contributed by atoms with van der Waals surface area (Å²) < 4.78 is 0. The van der Waals surface area contributed by atoms with Gasteiger partial charge in [0.2, 0.25) is 0 Å². The maximum absolute atomic E-state index is 10.8. The molecule has 0 amide bonds. The van der Waals surface area contributed by atoms with Crippen molar-refractivity contribution < 1.29 is 4.79 Å². The van der Waals surface area contributed by atoms with E-state index in [0.717, 1.165) is 11.2 Å². The van der Waals surface area contributed by atoms with Crippen molar-refractivity contribution in [1.82, 2.24) is 0 Å². The van der Waals surface area contributed by atoms with E-state index in [0.29, 0.717) is 0 Å². The van der Waals surface area contributed by atoms with Gasteiger partial charge in [0, 0.05) is 4.91 Å². The van der Waals surface area contributed by atoms with Gasteiger partial charge >= 0.3 is 0 Å². The first-order chi connectivity index (χ1) is 6.81. The lowest BCUT2D eigenvalue weighted by molar-refractivity contribution is -0.104. The van der Waals surface area contributed by atoms with Crippen LogP contribution in [0.5, 0.6) is 0 Å². The molecular formula is C12H12OS. The minimum absolute atomic E-state index is 0.507. The van der Waals surface area contributed by atoms with E-state index < -0.39 is 10.9 Å². The molecule has 1 unspecified atom stereocenters. The molecule has 1 atom stereocenters. The molecule has 1 aliphatic heterocycles. The number of aryl methyl sites for hydroxylation is 1. The molecule has 1 heterocycles. The zero-order chi connectivity index (χ0) is 9.97. The minimum atomic E-state index is -0.507. The highest BCUT2D eigenvalue weighted by Gasteiger charge is 2.11. The molecule has 0 aromatic heterocycles. The zero-order valence-electron chi connectivity index (χ0n) is 7.97. The highest BCUT2D eigenvalue weighted by Crippen LogP contribution is 2.47. The molecule has 0 saturated carbocycles. The quantitative estimate of drug-likeness (QED) is 0.579. The predicted molar refractivity (Wildman–Crippen MR) is 61.7 cm³/mol. The molecule has 72 valence electrons.